The Hall–Kier alpha value is -2.33. The molecule has 0 saturated carbocycles. The van der Waals surface area contributed by atoms with Gasteiger partial charge in [0, 0.05) is 33.8 Å². The first-order valence-corrected chi connectivity index (χ1v) is 11.5. The number of benzene rings is 2. The lowest BCUT2D eigenvalue weighted by Crippen LogP contribution is -2.42. The van der Waals surface area contributed by atoms with Crippen LogP contribution in [0.4, 0.5) is 5.13 Å². The summed E-state index contributed by atoms with van der Waals surface area (Å²) in [7, 11) is 0. The molecule has 156 valence electrons. The van der Waals surface area contributed by atoms with Crippen molar-refractivity contribution >= 4 is 62.4 Å². The van der Waals surface area contributed by atoms with E-state index in [1.165, 1.54) is 23.1 Å². The molecule has 10 heteroatoms. The first kappa shape index (κ1) is 20.9. The normalized spacial score (nSPS) is 14.0. The first-order chi connectivity index (χ1) is 14.6. The fourth-order valence-corrected chi connectivity index (χ4v) is 5.13. The molecule has 2 heterocycles. The number of fused-ring (bicyclic) bond motifs is 1. The number of nitrogens with one attached hydrogen (secondary N) is 2. The number of carbonyl (C=O) groups excluding carboxylic acids is 2. The van der Waals surface area contributed by atoms with Crippen LogP contribution in [0.25, 0.3) is 10.8 Å². The van der Waals surface area contributed by atoms with Crippen LogP contribution in [-0.4, -0.2) is 48.9 Å². The van der Waals surface area contributed by atoms with E-state index < -0.39 is 5.91 Å². The van der Waals surface area contributed by atoms with Crippen molar-refractivity contribution in [2.45, 2.75) is 4.90 Å². The van der Waals surface area contributed by atoms with E-state index in [-0.39, 0.29) is 17.4 Å². The van der Waals surface area contributed by atoms with Crippen LogP contribution in [0.2, 0.25) is 5.02 Å². The van der Waals surface area contributed by atoms with Crippen molar-refractivity contribution in [2.24, 2.45) is 0 Å². The maximum Gasteiger partial charge on any atom is 0.289 e. The molecule has 1 aliphatic rings. The lowest BCUT2D eigenvalue weighted by molar-refractivity contribution is -0.119. The molecule has 4 rings (SSSR count). The third-order valence-electron chi connectivity index (χ3n) is 4.50. The summed E-state index contributed by atoms with van der Waals surface area (Å²) in [5, 5.41) is 5.03. The number of nitrogens with zero attached hydrogens (tertiary/aromatic N) is 2. The van der Waals surface area contributed by atoms with Crippen molar-refractivity contribution in [2.75, 3.05) is 37.0 Å². The Morgan fingerprint density at radius 1 is 1.17 bits per heavy atom. The van der Waals surface area contributed by atoms with Crippen molar-refractivity contribution in [3.05, 3.63) is 52.5 Å². The molecule has 0 bridgehead atoms. The summed E-state index contributed by atoms with van der Waals surface area (Å²) in [6, 6.07) is 11.5. The van der Waals surface area contributed by atoms with Crippen molar-refractivity contribution in [1.29, 1.82) is 0 Å². The molecule has 2 N–H and O–H groups in total. The number of amides is 2. The van der Waals surface area contributed by atoms with E-state index in [0.29, 0.717) is 18.2 Å². The second kappa shape index (κ2) is 9.65. The Balaban J connectivity index is 1.30. The molecule has 30 heavy (non-hydrogen) atoms. The van der Waals surface area contributed by atoms with Crippen LogP contribution in [0.3, 0.4) is 0 Å². The number of hydrogen-bond donors (Lipinski definition) is 2. The maximum atomic E-state index is 12.3. The van der Waals surface area contributed by atoms with Gasteiger partial charge in [-0.15, -0.1) is 23.1 Å². The summed E-state index contributed by atoms with van der Waals surface area (Å²) in [4.78, 5) is 31.8. The SMILES string of the molecule is O=C(CSc1cccc2cccc(Cl)c12)NNC(=O)c1csc(N2CCOCC2)n1. The van der Waals surface area contributed by atoms with Gasteiger partial charge in [0.05, 0.1) is 19.0 Å². The number of morpholine rings is 1. The smallest absolute Gasteiger partial charge is 0.289 e. The Kier molecular flexibility index (Phi) is 6.73. The van der Waals surface area contributed by atoms with Crippen molar-refractivity contribution in [3.63, 3.8) is 0 Å². The lowest BCUT2D eigenvalue weighted by atomic mass is 10.1. The van der Waals surface area contributed by atoms with Crippen LogP contribution in [0.15, 0.2) is 46.7 Å². The molecule has 1 fully saturated rings. The molecule has 0 spiro atoms. The van der Waals surface area contributed by atoms with Crippen molar-refractivity contribution < 1.29 is 14.3 Å². The van der Waals surface area contributed by atoms with Crippen LogP contribution >= 0.6 is 34.7 Å². The number of hydrogen-bond acceptors (Lipinski definition) is 7. The number of hydrazine groups is 1. The zero-order chi connectivity index (χ0) is 20.9. The quantitative estimate of drug-likeness (QED) is 0.447. The Morgan fingerprint density at radius 2 is 1.93 bits per heavy atom. The number of carbonyl (C=O) groups is 2. The summed E-state index contributed by atoms with van der Waals surface area (Å²) in [6.07, 6.45) is 0. The van der Waals surface area contributed by atoms with E-state index in [1.54, 1.807) is 5.38 Å². The minimum atomic E-state index is -0.447. The van der Waals surface area contributed by atoms with Crippen LogP contribution in [0.1, 0.15) is 10.5 Å². The van der Waals surface area contributed by atoms with Crippen LogP contribution in [0, 0.1) is 0 Å². The van der Waals surface area contributed by atoms with E-state index in [2.05, 4.69) is 20.7 Å². The zero-order valence-corrected chi connectivity index (χ0v) is 18.3. The van der Waals surface area contributed by atoms with Gasteiger partial charge in [-0.25, -0.2) is 4.98 Å². The van der Waals surface area contributed by atoms with Crippen molar-refractivity contribution in [1.82, 2.24) is 15.8 Å². The second-order valence-electron chi connectivity index (χ2n) is 6.50. The van der Waals surface area contributed by atoms with Crippen LogP contribution in [-0.2, 0) is 9.53 Å². The predicted molar refractivity (Wildman–Crippen MR) is 120 cm³/mol. The van der Waals surface area contributed by atoms with Gasteiger partial charge in [0.25, 0.3) is 5.91 Å². The Morgan fingerprint density at radius 3 is 2.73 bits per heavy atom. The minimum Gasteiger partial charge on any atom is -0.378 e. The molecule has 0 unspecified atom stereocenters. The molecule has 2 aromatic carbocycles. The maximum absolute atomic E-state index is 12.3. The van der Waals surface area contributed by atoms with E-state index >= 15 is 0 Å². The van der Waals surface area contributed by atoms with Crippen LogP contribution in [0.5, 0.6) is 0 Å². The molecule has 3 aromatic rings. The largest absolute Gasteiger partial charge is 0.378 e. The number of anilines is 1. The summed E-state index contributed by atoms with van der Waals surface area (Å²) >= 11 is 9.08. The molecule has 1 saturated heterocycles. The van der Waals surface area contributed by atoms with Gasteiger partial charge in [0.2, 0.25) is 5.91 Å². The molecule has 0 radical (unpaired) electrons. The third-order valence-corrected chi connectivity index (χ3v) is 6.77. The third kappa shape index (κ3) is 4.86. The molecule has 0 aliphatic carbocycles. The molecule has 1 aromatic heterocycles. The highest BCUT2D eigenvalue weighted by atomic mass is 35.5. The predicted octanol–water partition coefficient (Wildman–Crippen LogP) is 3.34. The number of rotatable bonds is 5. The summed E-state index contributed by atoms with van der Waals surface area (Å²) in [6.45, 7) is 2.80. The number of ether oxygens (including phenoxy) is 1. The number of thiazole rings is 1. The van der Waals surface area contributed by atoms with E-state index in [4.69, 9.17) is 16.3 Å². The van der Waals surface area contributed by atoms with Gasteiger partial charge in [-0.05, 0) is 17.5 Å². The van der Waals surface area contributed by atoms with Gasteiger partial charge in [-0.3, -0.25) is 20.4 Å². The summed E-state index contributed by atoms with van der Waals surface area (Å²) in [5.41, 5.74) is 5.14. The average molecular weight is 463 g/mol. The minimum absolute atomic E-state index is 0.140. The second-order valence-corrected chi connectivity index (χ2v) is 8.76. The number of halogens is 1. The molecule has 1 aliphatic heterocycles. The molecule has 0 atom stereocenters. The van der Waals surface area contributed by atoms with E-state index in [1.807, 2.05) is 36.4 Å². The van der Waals surface area contributed by atoms with Gasteiger partial charge in [-0.1, -0.05) is 35.9 Å². The molecular formula is C20H19ClN4O3S2. The highest BCUT2D eigenvalue weighted by Gasteiger charge is 2.18. The van der Waals surface area contributed by atoms with Gasteiger partial charge < -0.3 is 9.64 Å². The number of thioether (sulfide) groups is 1. The van der Waals surface area contributed by atoms with Crippen molar-refractivity contribution in [3.8, 4) is 0 Å². The highest BCUT2D eigenvalue weighted by Crippen LogP contribution is 2.33. The van der Waals surface area contributed by atoms with Gasteiger partial charge in [0.1, 0.15) is 5.69 Å². The fourth-order valence-electron chi connectivity index (χ4n) is 3.02. The fraction of sp³-hybridized carbons (Fsp3) is 0.250. The van der Waals surface area contributed by atoms with E-state index in [9.17, 15) is 9.59 Å². The zero-order valence-electron chi connectivity index (χ0n) is 15.9. The summed E-state index contributed by atoms with van der Waals surface area (Å²) in [5.74, 6) is -0.626. The molecular weight excluding hydrogens is 444 g/mol. The highest BCUT2D eigenvalue weighted by molar-refractivity contribution is 8.00. The van der Waals surface area contributed by atoms with Gasteiger partial charge in [0.15, 0.2) is 5.13 Å². The monoisotopic (exact) mass is 462 g/mol. The van der Waals surface area contributed by atoms with Gasteiger partial charge >= 0.3 is 0 Å². The molecule has 2 amide bonds. The standard InChI is InChI=1S/C20H19ClN4O3S2/c21-14-5-1-3-13-4-2-6-16(18(13)14)29-12-17(26)23-24-19(27)15-11-30-20(22-15)25-7-9-28-10-8-25/h1-6,11H,7-10,12H2,(H,23,26)(H,24,27). The Labute approximate surface area is 186 Å². The summed E-state index contributed by atoms with van der Waals surface area (Å²) < 4.78 is 5.32. The molecule has 7 nitrogen and oxygen atoms in total. The lowest BCUT2D eigenvalue weighted by Gasteiger charge is -2.25. The Bertz CT molecular complexity index is 1060. The van der Waals surface area contributed by atoms with E-state index in [0.717, 1.165) is 33.9 Å². The first-order valence-electron chi connectivity index (χ1n) is 9.29. The topological polar surface area (TPSA) is 83.6 Å². The average Bonchev–Trinajstić information content (AvgIpc) is 3.27. The number of aromatic nitrogens is 1. The van der Waals surface area contributed by atoms with Gasteiger partial charge in [-0.2, -0.15) is 0 Å². The van der Waals surface area contributed by atoms with Crippen LogP contribution < -0.4 is 15.8 Å².